The van der Waals surface area contributed by atoms with Crippen LogP contribution in [0.1, 0.15) is 19.8 Å². The van der Waals surface area contributed by atoms with Gasteiger partial charge in [0, 0.05) is 18.2 Å². The van der Waals surface area contributed by atoms with E-state index in [2.05, 4.69) is 0 Å². The van der Waals surface area contributed by atoms with E-state index in [1.807, 2.05) is 31.2 Å². The molecule has 1 aromatic carbocycles. The number of nitrogens with zero attached hydrogens (tertiary/aromatic N) is 1. The van der Waals surface area contributed by atoms with Crippen LogP contribution in [0.3, 0.4) is 0 Å². The van der Waals surface area contributed by atoms with Gasteiger partial charge in [-0.05, 0) is 44.2 Å². The second-order valence-corrected chi connectivity index (χ2v) is 4.43. The molecule has 1 fully saturated rings. The smallest absolute Gasteiger partial charge is 0.414 e. The maximum atomic E-state index is 11.9. The van der Waals surface area contributed by atoms with E-state index in [-0.39, 0.29) is 12.1 Å². The minimum atomic E-state index is -0.297. The summed E-state index contributed by atoms with van der Waals surface area (Å²) in [5.74, 6) is 0.798. The van der Waals surface area contributed by atoms with Gasteiger partial charge in [-0.25, -0.2) is 4.79 Å². The Morgan fingerprint density at radius 1 is 1.42 bits per heavy atom. The van der Waals surface area contributed by atoms with Crippen LogP contribution >= 0.6 is 0 Å². The van der Waals surface area contributed by atoms with E-state index >= 15 is 0 Å². The van der Waals surface area contributed by atoms with Crippen molar-refractivity contribution < 1.29 is 14.3 Å². The Balaban J connectivity index is 2.18. The SMILES string of the molecule is CCOc1ccc(N2C(=O)OCCC2CCN)cc1. The molecule has 0 spiro atoms. The van der Waals surface area contributed by atoms with E-state index in [9.17, 15) is 4.79 Å². The fourth-order valence-corrected chi connectivity index (χ4v) is 2.28. The van der Waals surface area contributed by atoms with E-state index in [1.165, 1.54) is 0 Å². The summed E-state index contributed by atoms with van der Waals surface area (Å²) in [5, 5.41) is 0. The minimum absolute atomic E-state index is 0.115. The zero-order valence-electron chi connectivity index (χ0n) is 11.2. The van der Waals surface area contributed by atoms with Crippen LogP contribution in [0, 0.1) is 0 Å². The average Bonchev–Trinajstić information content (AvgIpc) is 2.41. The third-order valence-electron chi connectivity index (χ3n) is 3.16. The molecule has 2 N–H and O–H groups in total. The number of rotatable bonds is 5. The van der Waals surface area contributed by atoms with Gasteiger partial charge in [-0.15, -0.1) is 0 Å². The Labute approximate surface area is 113 Å². The largest absolute Gasteiger partial charge is 0.494 e. The predicted octanol–water partition coefficient (Wildman–Crippen LogP) is 2.15. The van der Waals surface area contributed by atoms with Crippen LogP contribution in [0.5, 0.6) is 5.75 Å². The van der Waals surface area contributed by atoms with E-state index in [0.29, 0.717) is 19.8 Å². The molecule has 104 valence electrons. The lowest BCUT2D eigenvalue weighted by Crippen LogP contribution is -2.46. The Hall–Kier alpha value is -1.75. The highest BCUT2D eigenvalue weighted by atomic mass is 16.6. The van der Waals surface area contributed by atoms with Gasteiger partial charge in [-0.1, -0.05) is 0 Å². The van der Waals surface area contributed by atoms with Crippen molar-refractivity contribution in [2.75, 3.05) is 24.7 Å². The summed E-state index contributed by atoms with van der Waals surface area (Å²) in [5.41, 5.74) is 6.44. The molecule has 1 saturated heterocycles. The normalized spacial score (nSPS) is 19.2. The Morgan fingerprint density at radius 3 is 2.79 bits per heavy atom. The van der Waals surface area contributed by atoms with E-state index in [1.54, 1.807) is 4.90 Å². The second kappa shape index (κ2) is 6.43. The topological polar surface area (TPSA) is 64.8 Å². The van der Waals surface area contributed by atoms with Crippen LogP contribution in [0.25, 0.3) is 0 Å². The molecule has 1 aliphatic heterocycles. The number of carbonyl (C=O) groups excluding carboxylic acids is 1. The van der Waals surface area contributed by atoms with Gasteiger partial charge in [-0.2, -0.15) is 0 Å². The standard InChI is InChI=1S/C14H20N2O3/c1-2-18-13-5-3-11(4-6-13)16-12(7-9-15)8-10-19-14(16)17/h3-6,12H,2,7-10,15H2,1H3. The number of cyclic esters (lactones) is 1. The van der Waals surface area contributed by atoms with E-state index < -0.39 is 0 Å². The van der Waals surface area contributed by atoms with Gasteiger partial charge in [0.1, 0.15) is 5.75 Å². The number of ether oxygens (including phenoxy) is 2. The van der Waals surface area contributed by atoms with Crippen molar-refractivity contribution in [2.24, 2.45) is 5.73 Å². The quantitative estimate of drug-likeness (QED) is 0.885. The third kappa shape index (κ3) is 3.17. The molecule has 1 unspecified atom stereocenters. The Bertz CT molecular complexity index is 417. The number of hydrogen-bond donors (Lipinski definition) is 1. The first kappa shape index (κ1) is 13.7. The molecular formula is C14H20N2O3. The van der Waals surface area contributed by atoms with Gasteiger partial charge in [0.05, 0.1) is 13.2 Å². The maximum absolute atomic E-state index is 11.9. The van der Waals surface area contributed by atoms with Crippen molar-refractivity contribution in [1.29, 1.82) is 0 Å². The van der Waals surface area contributed by atoms with Crippen LogP contribution in [0.2, 0.25) is 0 Å². The number of nitrogens with two attached hydrogens (primary N) is 1. The predicted molar refractivity (Wildman–Crippen MR) is 73.5 cm³/mol. The van der Waals surface area contributed by atoms with Crippen molar-refractivity contribution in [1.82, 2.24) is 0 Å². The van der Waals surface area contributed by atoms with Gasteiger partial charge in [0.2, 0.25) is 0 Å². The Kier molecular flexibility index (Phi) is 4.63. The van der Waals surface area contributed by atoms with Gasteiger partial charge < -0.3 is 15.2 Å². The molecule has 0 bridgehead atoms. The fraction of sp³-hybridized carbons (Fsp3) is 0.500. The van der Waals surface area contributed by atoms with Crippen LogP contribution in [-0.2, 0) is 4.74 Å². The third-order valence-corrected chi connectivity index (χ3v) is 3.16. The van der Waals surface area contributed by atoms with Gasteiger partial charge in [0.25, 0.3) is 0 Å². The highest BCUT2D eigenvalue weighted by Crippen LogP contribution is 2.26. The first-order valence-electron chi connectivity index (χ1n) is 6.65. The van der Waals surface area contributed by atoms with Gasteiger partial charge in [0.15, 0.2) is 0 Å². The van der Waals surface area contributed by atoms with Crippen LogP contribution in [-0.4, -0.2) is 31.9 Å². The number of anilines is 1. The summed E-state index contributed by atoms with van der Waals surface area (Å²) >= 11 is 0. The minimum Gasteiger partial charge on any atom is -0.494 e. The Morgan fingerprint density at radius 2 is 2.16 bits per heavy atom. The van der Waals surface area contributed by atoms with E-state index in [0.717, 1.165) is 24.3 Å². The maximum Gasteiger partial charge on any atom is 0.414 e. The number of carbonyl (C=O) groups is 1. The summed E-state index contributed by atoms with van der Waals surface area (Å²) in [6.45, 7) is 3.59. The summed E-state index contributed by atoms with van der Waals surface area (Å²) in [6, 6.07) is 7.59. The number of benzene rings is 1. The van der Waals surface area contributed by atoms with E-state index in [4.69, 9.17) is 15.2 Å². The molecule has 0 radical (unpaired) electrons. The molecule has 2 rings (SSSR count). The molecular weight excluding hydrogens is 244 g/mol. The number of amides is 1. The molecule has 1 aromatic rings. The van der Waals surface area contributed by atoms with Crippen LogP contribution in [0.4, 0.5) is 10.5 Å². The molecule has 1 amide bonds. The molecule has 1 heterocycles. The van der Waals surface area contributed by atoms with Gasteiger partial charge in [-0.3, -0.25) is 4.90 Å². The molecule has 5 heteroatoms. The molecule has 0 aliphatic carbocycles. The molecule has 5 nitrogen and oxygen atoms in total. The molecule has 1 aliphatic rings. The first-order valence-corrected chi connectivity index (χ1v) is 6.65. The summed E-state index contributed by atoms with van der Waals surface area (Å²) in [6.07, 6.45) is 1.30. The van der Waals surface area contributed by atoms with Gasteiger partial charge >= 0.3 is 6.09 Å². The van der Waals surface area contributed by atoms with Crippen LogP contribution < -0.4 is 15.4 Å². The molecule has 19 heavy (non-hydrogen) atoms. The summed E-state index contributed by atoms with van der Waals surface area (Å²) in [7, 11) is 0. The van der Waals surface area contributed by atoms with Crippen molar-refractivity contribution in [2.45, 2.75) is 25.8 Å². The summed E-state index contributed by atoms with van der Waals surface area (Å²) in [4.78, 5) is 13.6. The highest BCUT2D eigenvalue weighted by molar-refractivity contribution is 5.89. The zero-order chi connectivity index (χ0) is 13.7. The lowest BCUT2D eigenvalue weighted by molar-refractivity contribution is 0.128. The average molecular weight is 264 g/mol. The number of hydrogen-bond acceptors (Lipinski definition) is 4. The molecule has 0 saturated carbocycles. The van der Waals surface area contributed by atoms with Crippen molar-refractivity contribution in [3.8, 4) is 5.75 Å². The van der Waals surface area contributed by atoms with Crippen molar-refractivity contribution in [3.05, 3.63) is 24.3 Å². The molecule has 1 atom stereocenters. The second-order valence-electron chi connectivity index (χ2n) is 4.43. The van der Waals surface area contributed by atoms with Crippen molar-refractivity contribution >= 4 is 11.8 Å². The zero-order valence-corrected chi connectivity index (χ0v) is 11.2. The van der Waals surface area contributed by atoms with Crippen LogP contribution in [0.15, 0.2) is 24.3 Å². The summed E-state index contributed by atoms with van der Waals surface area (Å²) < 4.78 is 10.5. The molecule has 0 aromatic heterocycles. The first-order chi connectivity index (χ1) is 9.26. The monoisotopic (exact) mass is 264 g/mol. The highest BCUT2D eigenvalue weighted by Gasteiger charge is 2.30. The lowest BCUT2D eigenvalue weighted by atomic mass is 10.1. The lowest BCUT2D eigenvalue weighted by Gasteiger charge is -2.34. The van der Waals surface area contributed by atoms with Crippen molar-refractivity contribution in [3.63, 3.8) is 0 Å². The fourth-order valence-electron chi connectivity index (χ4n) is 2.28.